The Labute approximate surface area is 693 Å². The summed E-state index contributed by atoms with van der Waals surface area (Å²) < 4.78 is 96.4. The van der Waals surface area contributed by atoms with Crippen LogP contribution < -0.4 is 47.2 Å². The fourth-order valence-corrected chi connectivity index (χ4v) is 12.1. The summed E-state index contributed by atoms with van der Waals surface area (Å²) >= 11 is 1.69. The average Bonchev–Trinajstić information content (AvgIpc) is 1.77. The second kappa shape index (κ2) is 42.0. The Morgan fingerprint density at radius 2 is 0.810 bits per heavy atom. The number of aromatic nitrogens is 8. The highest BCUT2D eigenvalue weighted by Crippen LogP contribution is 2.30. The fourth-order valence-electron chi connectivity index (χ4n) is 11.5. The molecule has 6 atom stereocenters. The van der Waals surface area contributed by atoms with Gasteiger partial charge < -0.3 is 82.4 Å². The number of aliphatic hydroxyl groups is 4. The highest BCUT2D eigenvalue weighted by molar-refractivity contribution is 7.98. The van der Waals surface area contributed by atoms with Crippen LogP contribution in [-0.4, -0.2) is 216 Å². The lowest BCUT2D eigenvalue weighted by Gasteiger charge is -2.43. The average molecular weight is 1700 g/mol. The van der Waals surface area contributed by atoms with Gasteiger partial charge in [0.05, 0.1) is 95.4 Å². The van der Waals surface area contributed by atoms with Crippen molar-refractivity contribution in [3.8, 4) is 45.7 Å². The highest BCUT2D eigenvalue weighted by Gasteiger charge is 2.46. The molecule has 13 rings (SSSR count). The van der Waals surface area contributed by atoms with E-state index in [1.54, 1.807) is 96.9 Å². The van der Waals surface area contributed by atoms with E-state index in [9.17, 15) is 75.8 Å². The minimum Gasteiger partial charge on any atom is -0.493 e. The number of rotatable bonds is 30. The van der Waals surface area contributed by atoms with Crippen LogP contribution in [0.15, 0.2) is 219 Å². The minimum atomic E-state index is -1.63. The Balaban J connectivity index is 0.000000171. The van der Waals surface area contributed by atoms with Gasteiger partial charge in [0.25, 0.3) is 11.8 Å². The lowest BCUT2D eigenvalue weighted by Crippen LogP contribution is -2.63. The molecule has 1 fully saturated rings. The predicted molar refractivity (Wildman–Crippen MR) is 438 cm³/mol. The Kier molecular flexibility index (Phi) is 31.0. The maximum Gasteiger partial charge on any atom is 0.322 e. The van der Waals surface area contributed by atoms with Gasteiger partial charge in [0.2, 0.25) is 0 Å². The van der Waals surface area contributed by atoms with E-state index in [1.807, 2.05) is 12.3 Å². The summed E-state index contributed by atoms with van der Waals surface area (Å²) in [5, 5.41) is 66.6. The van der Waals surface area contributed by atoms with Crippen molar-refractivity contribution in [3.63, 3.8) is 0 Å². The van der Waals surface area contributed by atoms with Crippen molar-refractivity contribution in [3.05, 3.63) is 287 Å². The smallest absolute Gasteiger partial charge is 0.322 e. The first kappa shape index (κ1) is 89.5. The summed E-state index contributed by atoms with van der Waals surface area (Å²) in [5.41, 5.74) is 28.6. The van der Waals surface area contributed by atoms with Gasteiger partial charge in [0, 0.05) is 52.1 Å². The zero-order chi connectivity index (χ0) is 87.1. The van der Waals surface area contributed by atoms with Gasteiger partial charge in [-0.25, -0.2) is 36.3 Å². The molecule has 1 aliphatic heterocycles. The molecule has 32 nitrogen and oxygen atoms in total. The molecule has 2 amide bonds. The number of hydrogen-bond acceptors (Lipinski definition) is 26. The predicted octanol–water partition coefficient (Wildman–Crippen LogP) is 7.01. The molecule has 1 aliphatic rings. The molecule has 630 valence electrons. The summed E-state index contributed by atoms with van der Waals surface area (Å²) in [5.74, 6) is -2.01. The van der Waals surface area contributed by atoms with Gasteiger partial charge in [0.1, 0.15) is 100 Å². The van der Waals surface area contributed by atoms with Crippen LogP contribution >= 0.6 is 11.8 Å². The molecule has 14 N–H and O–H groups in total. The van der Waals surface area contributed by atoms with E-state index in [-0.39, 0.29) is 91.4 Å². The van der Waals surface area contributed by atoms with Gasteiger partial charge in [-0.05, 0) is 152 Å². The molecule has 12 aromatic rings. The first-order chi connectivity index (χ1) is 58.0. The number of nitrogen functional groups attached to an aromatic ring is 4. The number of carbonyl (C=O) groups excluding carboxylic acids is 6. The SMILES string of the molecule is CN(C(=O)COc1cccc(C(=O)c2cnn(-c3ccc(F)cc3)c2N)c1)C1O[C@H](CO)[C@@H](O)[C@H](O)[C@@H]1O.CS(=O)CCOc1cccc(C(=O)c2cnn(-c3ccc(F)cc3)c2N)c1.CSCCOc1cccc(C(=O)c2cnn(-c3ccc(F)cc3)c2N)c1.Nc1c(C(=O)c2cccc(OCC(=O)NCC(=O)O)c2)cnn1-c1ccc(F)cc1. The van der Waals surface area contributed by atoms with E-state index in [0.717, 1.165) is 10.7 Å². The Hall–Kier alpha value is -13.9. The third-order valence-electron chi connectivity index (χ3n) is 17.9. The number of carboxylic acids is 1. The zero-order valence-electron chi connectivity index (χ0n) is 64.5. The number of likely N-dealkylation sites (N-methyl/N-ethyl adjacent to an activating group) is 1. The van der Waals surface area contributed by atoms with E-state index in [2.05, 4.69) is 25.7 Å². The van der Waals surface area contributed by atoms with Gasteiger partial charge >= 0.3 is 5.97 Å². The number of anilines is 4. The van der Waals surface area contributed by atoms with Crippen molar-refractivity contribution < 1.29 is 105 Å². The number of benzene rings is 8. The number of ether oxygens (including phenoxy) is 5. The molecule has 0 bridgehead atoms. The summed E-state index contributed by atoms with van der Waals surface area (Å²) in [6.45, 7) is -1.19. The molecule has 8 aromatic carbocycles. The first-order valence-corrected chi connectivity index (χ1v) is 39.5. The standard InChI is InChI=1S/C25H27FN4O8.C20H17FN4O5.C19H18FN3O3S.C19H18FN3O2S/c1-29(25-23(36)22(35)21(34)18(11-31)38-25)19(32)12-37-16-4-2-3-13(9-16)20(33)17-10-28-30(24(17)27)15-7-5-14(26)6-8-15;21-13-4-6-14(7-5-13)25-20(22)16(9-24-25)19(29)12-2-1-3-15(8-12)30-11-17(26)23-10-18(27)28;1-27(25)10-9-26-16-4-2-3-13(11-16)18(24)17-12-22-23(19(17)21)15-7-5-14(20)6-8-15;1-26-10-9-25-16-4-2-3-13(11-16)18(24)17-12-22-23(19(17)21)15-7-5-14(20)6-8-15/h2-10,18,21-23,25,31,34-36H,11-12,27H2,1H3;1-9H,10-11,22H2,(H,23,26)(H,27,28);2-8,11-12H,9-10,21H2,1H3;2-8,11-12H,9-10,21H2,1H3/t18-,21-,22+,23+,25?;;;/m1.../s1. The van der Waals surface area contributed by atoms with Crippen molar-refractivity contribution in [2.45, 2.75) is 30.6 Å². The van der Waals surface area contributed by atoms with Crippen LogP contribution in [0.1, 0.15) is 63.7 Å². The van der Waals surface area contributed by atoms with Crippen LogP contribution in [0.3, 0.4) is 0 Å². The second-order valence-electron chi connectivity index (χ2n) is 26.2. The van der Waals surface area contributed by atoms with Gasteiger partial charge in [-0.2, -0.15) is 32.2 Å². The number of thioether (sulfide) groups is 1. The number of aliphatic carboxylic acids is 1. The van der Waals surface area contributed by atoms with Crippen molar-refractivity contribution in [2.75, 3.05) is 93.6 Å². The van der Waals surface area contributed by atoms with E-state index in [4.69, 9.17) is 51.7 Å². The highest BCUT2D eigenvalue weighted by atomic mass is 32.2. The number of hydrogen-bond donors (Lipinski definition) is 10. The topological polar surface area (TPSA) is 474 Å². The van der Waals surface area contributed by atoms with Crippen LogP contribution in [0.5, 0.6) is 23.0 Å². The van der Waals surface area contributed by atoms with Gasteiger partial charge in [-0.3, -0.25) is 37.8 Å². The molecule has 2 unspecified atom stereocenters. The van der Waals surface area contributed by atoms with Gasteiger partial charge in [-0.1, -0.05) is 48.5 Å². The molecule has 121 heavy (non-hydrogen) atoms. The van der Waals surface area contributed by atoms with E-state index in [0.29, 0.717) is 64.3 Å². The molecule has 0 aliphatic carbocycles. The largest absolute Gasteiger partial charge is 0.493 e. The summed E-state index contributed by atoms with van der Waals surface area (Å²) in [7, 11) is 0.359. The normalized spacial score (nSPS) is 14.8. The zero-order valence-corrected chi connectivity index (χ0v) is 66.2. The minimum absolute atomic E-state index is 0.0595. The Morgan fingerprint density at radius 3 is 1.12 bits per heavy atom. The molecule has 0 radical (unpaired) electrons. The number of carboxylic acid groups (broad SMARTS) is 1. The van der Waals surface area contributed by atoms with Gasteiger partial charge in [0.15, 0.2) is 42.6 Å². The number of halogens is 4. The van der Waals surface area contributed by atoms with Crippen molar-refractivity contribution in [1.29, 1.82) is 0 Å². The summed E-state index contributed by atoms with van der Waals surface area (Å²) in [4.78, 5) is 87.2. The van der Waals surface area contributed by atoms with E-state index < -0.39 is 109 Å². The monoisotopic (exact) mass is 1700 g/mol. The molecule has 0 spiro atoms. The number of carbonyl (C=O) groups is 7. The van der Waals surface area contributed by atoms with Crippen molar-refractivity contribution in [1.82, 2.24) is 49.3 Å². The molecule has 1 saturated heterocycles. The lowest BCUT2D eigenvalue weighted by molar-refractivity contribution is -0.259. The third-order valence-corrected chi connectivity index (χ3v) is 19.2. The molecule has 4 aromatic heterocycles. The molecule has 5 heterocycles. The molecule has 0 saturated carbocycles. The second-order valence-corrected chi connectivity index (χ2v) is 28.7. The number of aliphatic hydroxyl groups excluding tert-OH is 4. The van der Waals surface area contributed by atoms with Crippen LogP contribution in [0, 0.1) is 23.3 Å². The maximum absolute atomic E-state index is 13.2. The fraction of sp³-hybridized carbons (Fsp3) is 0.193. The number of nitrogens with one attached hydrogen (secondary N) is 1. The Morgan fingerprint density at radius 1 is 0.488 bits per heavy atom. The number of ketones is 4. The molecular formula is C83H80F4N14O18S2. The van der Waals surface area contributed by atoms with Crippen molar-refractivity contribution in [2.24, 2.45) is 0 Å². The molecular weight excluding hydrogens is 1620 g/mol. The maximum atomic E-state index is 13.2. The van der Waals surface area contributed by atoms with E-state index >= 15 is 0 Å². The van der Waals surface area contributed by atoms with Crippen LogP contribution in [0.4, 0.5) is 40.8 Å². The molecule has 38 heteroatoms. The van der Waals surface area contributed by atoms with Crippen LogP contribution in [-0.2, 0) is 29.9 Å². The first-order valence-electron chi connectivity index (χ1n) is 36.3. The lowest BCUT2D eigenvalue weighted by atomic mass is 9.98. The van der Waals surface area contributed by atoms with Crippen molar-refractivity contribution >= 4 is 86.7 Å². The van der Waals surface area contributed by atoms with Crippen LogP contribution in [0.25, 0.3) is 22.7 Å². The van der Waals surface area contributed by atoms with Crippen LogP contribution in [0.2, 0.25) is 0 Å². The number of nitrogens with two attached hydrogens (primary N) is 4. The summed E-state index contributed by atoms with van der Waals surface area (Å²) in [6.07, 6.45) is 1.71. The Bertz CT molecular complexity index is 5660. The van der Waals surface area contributed by atoms with E-state index in [1.165, 1.54) is 160 Å². The number of nitrogens with zero attached hydrogens (tertiary/aromatic N) is 9. The third kappa shape index (κ3) is 23.3. The number of amides is 2. The quantitative estimate of drug-likeness (QED) is 0.0123. The van der Waals surface area contributed by atoms with Gasteiger partial charge in [-0.15, -0.1) is 0 Å². The summed E-state index contributed by atoms with van der Waals surface area (Å²) in [6, 6.07) is 48.1.